The molecule has 2 saturated heterocycles. The molecule has 1 unspecified atom stereocenters. The Balaban J connectivity index is 1.10. The van der Waals surface area contributed by atoms with Gasteiger partial charge in [-0.05, 0) is 49.9 Å². The number of carbonyl (C=O) groups is 1. The Morgan fingerprint density at radius 3 is 2.57 bits per heavy atom. The summed E-state index contributed by atoms with van der Waals surface area (Å²) in [7, 11) is 0. The lowest BCUT2D eigenvalue weighted by molar-refractivity contribution is 0.0247. The van der Waals surface area contributed by atoms with Gasteiger partial charge in [-0.2, -0.15) is 0 Å². The zero-order chi connectivity index (χ0) is 23.9. The van der Waals surface area contributed by atoms with E-state index in [-0.39, 0.29) is 12.3 Å². The van der Waals surface area contributed by atoms with Crippen LogP contribution in [0.3, 0.4) is 0 Å². The van der Waals surface area contributed by atoms with Crippen molar-refractivity contribution in [3.63, 3.8) is 0 Å². The van der Waals surface area contributed by atoms with Crippen LogP contribution in [0.2, 0.25) is 10.0 Å². The molecular formula is C24H24Cl2N4O4S. The standard InChI is InChI=1S/C24H24Cl2N4O4S/c25-16-2-1-3-17(26)20(16)21-15(22(33-28-21)13-4-5-13)12-32-14-8-10-30(11-9-14)19-7-6-18(35-19)23-27-24(31)34-29-23/h1-3,6-7,13-14,23,29H,4-5,8-12H2,(H,27,31). The van der Waals surface area contributed by atoms with Crippen LogP contribution in [0, 0.1) is 0 Å². The number of nitrogens with one attached hydrogen (secondary N) is 2. The summed E-state index contributed by atoms with van der Waals surface area (Å²) in [5, 5.41) is 9.37. The number of thiophene rings is 1. The van der Waals surface area contributed by atoms with Crippen molar-refractivity contribution in [2.75, 3.05) is 18.0 Å². The van der Waals surface area contributed by atoms with Crippen LogP contribution in [0.4, 0.5) is 9.80 Å². The second kappa shape index (κ2) is 9.63. The van der Waals surface area contributed by atoms with Crippen LogP contribution in [0.5, 0.6) is 0 Å². The average molecular weight is 535 g/mol. The number of anilines is 1. The zero-order valence-electron chi connectivity index (χ0n) is 18.8. The van der Waals surface area contributed by atoms with E-state index in [1.807, 2.05) is 24.3 Å². The number of halogens is 2. The molecule has 0 bridgehead atoms. The predicted molar refractivity (Wildman–Crippen MR) is 134 cm³/mol. The molecular weight excluding hydrogens is 511 g/mol. The van der Waals surface area contributed by atoms with Crippen molar-refractivity contribution in [1.29, 1.82) is 0 Å². The number of aromatic nitrogens is 1. The normalized spacial score (nSPS) is 20.8. The molecule has 0 radical (unpaired) electrons. The van der Waals surface area contributed by atoms with E-state index in [2.05, 4.69) is 26.9 Å². The van der Waals surface area contributed by atoms with Crippen molar-refractivity contribution >= 4 is 45.6 Å². The summed E-state index contributed by atoms with van der Waals surface area (Å²) < 4.78 is 12.1. The Kier molecular flexibility index (Phi) is 6.36. The highest BCUT2D eigenvalue weighted by Crippen LogP contribution is 2.46. The Hall–Kier alpha value is -2.30. The minimum Gasteiger partial charge on any atom is -0.373 e. The third kappa shape index (κ3) is 4.75. The Morgan fingerprint density at radius 1 is 1.11 bits per heavy atom. The maximum absolute atomic E-state index is 11.3. The van der Waals surface area contributed by atoms with E-state index in [1.54, 1.807) is 11.3 Å². The van der Waals surface area contributed by atoms with E-state index in [9.17, 15) is 4.79 Å². The van der Waals surface area contributed by atoms with Gasteiger partial charge in [0.25, 0.3) is 0 Å². The number of hydrogen-bond donors (Lipinski definition) is 2. The first-order valence-electron chi connectivity index (χ1n) is 11.7. The highest BCUT2D eigenvalue weighted by atomic mass is 35.5. The molecule has 2 N–H and O–H groups in total. The molecule has 1 aromatic carbocycles. The van der Waals surface area contributed by atoms with E-state index in [0.717, 1.165) is 55.0 Å². The molecule has 1 amide bonds. The van der Waals surface area contributed by atoms with Crippen molar-refractivity contribution in [3.05, 3.63) is 56.6 Å². The van der Waals surface area contributed by atoms with Gasteiger partial charge in [-0.3, -0.25) is 5.32 Å². The summed E-state index contributed by atoms with van der Waals surface area (Å²) >= 11 is 14.6. The van der Waals surface area contributed by atoms with Crippen molar-refractivity contribution < 1.29 is 18.9 Å². The summed E-state index contributed by atoms with van der Waals surface area (Å²) in [6.45, 7) is 2.22. The van der Waals surface area contributed by atoms with Crippen molar-refractivity contribution in [2.45, 2.75) is 50.5 Å². The number of hydrogen-bond acceptors (Lipinski definition) is 8. The van der Waals surface area contributed by atoms with Crippen LogP contribution in [-0.2, 0) is 16.2 Å². The van der Waals surface area contributed by atoms with Gasteiger partial charge < -0.3 is 19.0 Å². The van der Waals surface area contributed by atoms with Gasteiger partial charge in [-0.25, -0.2) is 4.79 Å². The fraction of sp³-hybridized carbons (Fsp3) is 0.417. The minimum atomic E-state index is -0.458. The SMILES string of the molecule is O=C1NC(c2ccc(N3CCC(OCc4c(-c5c(Cl)cccc5Cl)noc4C4CC4)CC3)s2)NO1. The first-order valence-corrected chi connectivity index (χ1v) is 13.3. The molecule has 2 aliphatic heterocycles. The van der Waals surface area contributed by atoms with Gasteiger partial charge in [-0.1, -0.05) is 34.4 Å². The summed E-state index contributed by atoms with van der Waals surface area (Å²) in [4.78, 5) is 19.4. The van der Waals surface area contributed by atoms with Gasteiger partial charge in [0.05, 0.1) is 27.8 Å². The molecule has 11 heteroatoms. The summed E-state index contributed by atoms with van der Waals surface area (Å²) in [6, 6.07) is 9.56. The number of carbonyl (C=O) groups excluding carboxylic acids is 1. The van der Waals surface area contributed by atoms with Gasteiger partial charge in [0, 0.05) is 35.0 Å². The third-order valence-corrected chi connectivity index (χ3v) is 8.45. The number of hydroxylamine groups is 1. The molecule has 3 fully saturated rings. The molecule has 3 aromatic rings. The van der Waals surface area contributed by atoms with Crippen LogP contribution in [-0.4, -0.2) is 30.4 Å². The monoisotopic (exact) mass is 534 g/mol. The molecule has 184 valence electrons. The first-order chi connectivity index (χ1) is 17.1. The van der Waals surface area contributed by atoms with E-state index in [1.165, 1.54) is 5.00 Å². The quantitative estimate of drug-likeness (QED) is 0.383. The van der Waals surface area contributed by atoms with E-state index in [4.69, 9.17) is 37.3 Å². The fourth-order valence-electron chi connectivity index (χ4n) is 4.58. The number of nitrogens with zero attached hydrogens (tertiary/aromatic N) is 2. The summed E-state index contributed by atoms with van der Waals surface area (Å²) in [5.74, 6) is 1.30. The highest BCUT2D eigenvalue weighted by Gasteiger charge is 2.34. The lowest BCUT2D eigenvalue weighted by Crippen LogP contribution is -2.36. The smallest absolute Gasteiger partial charge is 0.373 e. The maximum Gasteiger partial charge on any atom is 0.427 e. The number of piperidine rings is 1. The lowest BCUT2D eigenvalue weighted by Gasteiger charge is -2.32. The van der Waals surface area contributed by atoms with E-state index in [0.29, 0.717) is 33.8 Å². The molecule has 3 aliphatic rings. The Labute approximate surface area is 216 Å². The summed E-state index contributed by atoms with van der Waals surface area (Å²) in [6.07, 6.45) is 3.43. The van der Waals surface area contributed by atoms with Crippen LogP contribution < -0.4 is 15.7 Å². The minimum absolute atomic E-state index is 0.145. The van der Waals surface area contributed by atoms with E-state index < -0.39 is 6.09 Å². The number of benzene rings is 1. The van der Waals surface area contributed by atoms with E-state index >= 15 is 0 Å². The maximum atomic E-state index is 11.3. The summed E-state index contributed by atoms with van der Waals surface area (Å²) in [5.41, 5.74) is 5.04. The average Bonchev–Trinajstić information content (AvgIpc) is 3.23. The molecule has 35 heavy (non-hydrogen) atoms. The number of ether oxygens (including phenoxy) is 1. The van der Waals surface area contributed by atoms with Gasteiger partial charge in [0.2, 0.25) is 0 Å². The predicted octanol–water partition coefficient (Wildman–Crippen LogP) is 6.02. The number of amides is 1. The molecule has 1 saturated carbocycles. The van der Waals surface area contributed by atoms with Crippen LogP contribution >= 0.6 is 34.5 Å². The van der Waals surface area contributed by atoms with Crippen molar-refractivity contribution in [1.82, 2.24) is 16.0 Å². The third-order valence-electron chi connectivity index (χ3n) is 6.61. The lowest BCUT2D eigenvalue weighted by atomic mass is 10.0. The zero-order valence-corrected chi connectivity index (χ0v) is 21.1. The molecule has 6 rings (SSSR count). The van der Waals surface area contributed by atoms with Gasteiger partial charge in [-0.15, -0.1) is 16.8 Å². The van der Waals surface area contributed by atoms with Gasteiger partial charge >= 0.3 is 6.09 Å². The second-order valence-electron chi connectivity index (χ2n) is 9.00. The van der Waals surface area contributed by atoms with Crippen molar-refractivity contribution in [3.8, 4) is 11.3 Å². The highest BCUT2D eigenvalue weighted by molar-refractivity contribution is 7.16. The molecule has 1 aliphatic carbocycles. The van der Waals surface area contributed by atoms with Crippen LogP contribution in [0.1, 0.15) is 54.0 Å². The molecule has 0 spiro atoms. The topological polar surface area (TPSA) is 88.9 Å². The van der Waals surface area contributed by atoms with Crippen molar-refractivity contribution in [2.24, 2.45) is 0 Å². The van der Waals surface area contributed by atoms with Crippen LogP contribution in [0.15, 0.2) is 34.9 Å². The number of rotatable bonds is 7. The molecule has 1 atom stereocenters. The molecule has 8 nitrogen and oxygen atoms in total. The molecule has 4 heterocycles. The largest absolute Gasteiger partial charge is 0.427 e. The second-order valence-corrected chi connectivity index (χ2v) is 10.9. The van der Waals surface area contributed by atoms with Crippen LogP contribution in [0.25, 0.3) is 11.3 Å². The van der Waals surface area contributed by atoms with Gasteiger partial charge in [0.15, 0.2) is 6.17 Å². The Bertz CT molecular complexity index is 1220. The fourth-order valence-corrected chi connectivity index (χ4v) is 6.20. The van der Waals surface area contributed by atoms with Gasteiger partial charge in [0.1, 0.15) is 11.5 Å². The molecule has 2 aromatic heterocycles. The first kappa shape index (κ1) is 23.1. The Morgan fingerprint density at radius 2 is 1.89 bits per heavy atom.